The predicted molar refractivity (Wildman–Crippen MR) is 92.3 cm³/mol. The molecule has 0 spiro atoms. The van der Waals surface area contributed by atoms with Gasteiger partial charge in [0.15, 0.2) is 11.6 Å². The molecule has 0 aliphatic carbocycles. The van der Waals surface area contributed by atoms with Crippen LogP contribution in [0.1, 0.15) is 34.6 Å². The van der Waals surface area contributed by atoms with Crippen LogP contribution in [0.25, 0.3) is 0 Å². The van der Waals surface area contributed by atoms with Gasteiger partial charge in [-0.05, 0) is 38.0 Å². The molecule has 1 fully saturated rings. The summed E-state index contributed by atoms with van der Waals surface area (Å²) in [6.07, 6.45) is 1.01. The number of nitrogens with one attached hydrogen (secondary N) is 1. The Labute approximate surface area is 146 Å². The lowest BCUT2D eigenvalue weighted by Gasteiger charge is -2.38. The first-order chi connectivity index (χ1) is 12.0. The topological polar surface area (TPSA) is 52.5 Å². The number of halogens is 1. The molecule has 134 valence electrons. The number of rotatable bonds is 4. The van der Waals surface area contributed by atoms with Crippen molar-refractivity contribution in [2.24, 2.45) is 7.05 Å². The number of amides is 1. The molecule has 25 heavy (non-hydrogen) atoms. The van der Waals surface area contributed by atoms with Gasteiger partial charge in [0.2, 0.25) is 0 Å². The highest BCUT2D eigenvalue weighted by Crippen LogP contribution is 2.36. The Morgan fingerprint density at radius 2 is 2.00 bits per heavy atom. The lowest BCUT2D eigenvalue weighted by Crippen LogP contribution is -2.50. The zero-order chi connectivity index (χ0) is 18.0. The maximum absolute atomic E-state index is 14.9. The van der Waals surface area contributed by atoms with Crippen LogP contribution in [0.2, 0.25) is 0 Å². The summed E-state index contributed by atoms with van der Waals surface area (Å²) in [4.78, 5) is 12.9. The molecule has 0 atom stereocenters. The Kier molecular flexibility index (Phi) is 4.81. The predicted octanol–water partition coefficient (Wildman–Crippen LogP) is 2.92. The summed E-state index contributed by atoms with van der Waals surface area (Å²) in [5.41, 5.74) is 1.16. The molecule has 1 saturated heterocycles. The Balaban J connectivity index is 2.00. The van der Waals surface area contributed by atoms with Crippen molar-refractivity contribution in [2.75, 3.05) is 20.3 Å². The first-order valence-electron chi connectivity index (χ1n) is 8.34. The highest BCUT2D eigenvalue weighted by atomic mass is 19.1. The summed E-state index contributed by atoms with van der Waals surface area (Å²) in [7, 11) is 3.28. The molecule has 6 heteroatoms. The smallest absolute Gasteiger partial charge is 0.268 e. The molecule has 1 aromatic heterocycles. The van der Waals surface area contributed by atoms with E-state index in [4.69, 9.17) is 9.47 Å². The van der Waals surface area contributed by atoms with Gasteiger partial charge in [0.1, 0.15) is 5.69 Å². The second-order valence-electron chi connectivity index (χ2n) is 6.39. The number of carbonyl (C=O) groups is 1. The van der Waals surface area contributed by atoms with E-state index in [0.29, 0.717) is 37.3 Å². The molecular formula is C19H23FN2O3. The molecule has 1 aliphatic heterocycles. The summed E-state index contributed by atoms with van der Waals surface area (Å²) < 4.78 is 27.3. The number of ether oxygens (including phenoxy) is 2. The average molecular weight is 346 g/mol. The standard InChI is InChI=1S/C19H23FN2O3/c1-13-7-8-15(22(13)2)18(23)21-19(9-11-25-12-10-19)14-5-4-6-16(24-3)17(14)20/h4-8H,9-12H2,1-3H3,(H,21,23). The van der Waals surface area contributed by atoms with Gasteiger partial charge >= 0.3 is 0 Å². The normalized spacial score (nSPS) is 16.5. The highest BCUT2D eigenvalue weighted by molar-refractivity contribution is 5.93. The molecule has 1 amide bonds. The third-order valence-corrected chi connectivity index (χ3v) is 5.00. The van der Waals surface area contributed by atoms with Crippen molar-refractivity contribution >= 4 is 5.91 Å². The number of nitrogens with zero attached hydrogens (tertiary/aromatic N) is 1. The molecule has 1 N–H and O–H groups in total. The highest BCUT2D eigenvalue weighted by Gasteiger charge is 2.39. The molecule has 2 heterocycles. The summed E-state index contributed by atoms with van der Waals surface area (Å²) in [5, 5.41) is 3.08. The minimum atomic E-state index is -0.813. The first kappa shape index (κ1) is 17.5. The van der Waals surface area contributed by atoms with Crippen LogP contribution in [0, 0.1) is 12.7 Å². The van der Waals surface area contributed by atoms with E-state index in [9.17, 15) is 9.18 Å². The fourth-order valence-electron chi connectivity index (χ4n) is 3.34. The number of benzene rings is 1. The Morgan fingerprint density at radius 1 is 1.28 bits per heavy atom. The maximum atomic E-state index is 14.9. The van der Waals surface area contributed by atoms with Crippen molar-refractivity contribution in [2.45, 2.75) is 25.3 Å². The van der Waals surface area contributed by atoms with Crippen LogP contribution in [0.15, 0.2) is 30.3 Å². The van der Waals surface area contributed by atoms with Crippen LogP contribution in [0.5, 0.6) is 5.75 Å². The van der Waals surface area contributed by atoms with Gasteiger partial charge in [-0.2, -0.15) is 0 Å². The van der Waals surface area contributed by atoms with Crippen molar-refractivity contribution < 1.29 is 18.7 Å². The number of methoxy groups -OCH3 is 1. The Morgan fingerprint density at radius 3 is 2.60 bits per heavy atom. The maximum Gasteiger partial charge on any atom is 0.268 e. The third kappa shape index (κ3) is 3.14. The van der Waals surface area contributed by atoms with Crippen LogP contribution >= 0.6 is 0 Å². The minimum absolute atomic E-state index is 0.173. The molecule has 5 nitrogen and oxygen atoms in total. The van der Waals surface area contributed by atoms with E-state index in [-0.39, 0.29) is 11.7 Å². The molecular weight excluding hydrogens is 323 g/mol. The average Bonchev–Trinajstić information content (AvgIpc) is 2.95. The zero-order valence-electron chi connectivity index (χ0n) is 14.8. The van der Waals surface area contributed by atoms with Gasteiger partial charge in [-0.1, -0.05) is 12.1 Å². The minimum Gasteiger partial charge on any atom is -0.494 e. The SMILES string of the molecule is COc1cccc(C2(NC(=O)c3ccc(C)n3C)CCOCC2)c1F. The molecule has 1 aliphatic rings. The molecule has 3 rings (SSSR count). The van der Waals surface area contributed by atoms with Gasteiger partial charge in [-0.3, -0.25) is 4.79 Å². The van der Waals surface area contributed by atoms with Crippen LogP contribution in [-0.4, -0.2) is 30.8 Å². The van der Waals surface area contributed by atoms with Gasteiger partial charge in [-0.25, -0.2) is 4.39 Å². The largest absolute Gasteiger partial charge is 0.494 e. The fourth-order valence-corrected chi connectivity index (χ4v) is 3.34. The number of hydrogen-bond donors (Lipinski definition) is 1. The number of hydrogen-bond acceptors (Lipinski definition) is 3. The monoisotopic (exact) mass is 346 g/mol. The summed E-state index contributed by atoms with van der Waals surface area (Å²) in [6, 6.07) is 8.69. The Hall–Kier alpha value is -2.34. The molecule has 2 aromatic rings. The summed E-state index contributed by atoms with van der Waals surface area (Å²) in [6.45, 7) is 2.86. The van der Waals surface area contributed by atoms with E-state index in [1.807, 2.05) is 24.6 Å². The fraction of sp³-hybridized carbons (Fsp3) is 0.421. The molecule has 0 bridgehead atoms. The van der Waals surface area contributed by atoms with Crippen LogP contribution in [-0.2, 0) is 17.3 Å². The molecule has 0 unspecified atom stereocenters. The van der Waals surface area contributed by atoms with E-state index in [2.05, 4.69) is 5.32 Å². The van der Waals surface area contributed by atoms with Crippen molar-refractivity contribution in [3.05, 3.63) is 53.1 Å². The third-order valence-electron chi connectivity index (χ3n) is 5.00. The van der Waals surface area contributed by atoms with E-state index < -0.39 is 11.4 Å². The molecule has 0 saturated carbocycles. The van der Waals surface area contributed by atoms with E-state index in [1.165, 1.54) is 7.11 Å². The van der Waals surface area contributed by atoms with Gasteiger partial charge in [0, 0.05) is 31.5 Å². The van der Waals surface area contributed by atoms with Gasteiger partial charge < -0.3 is 19.4 Å². The van der Waals surface area contributed by atoms with Crippen LogP contribution < -0.4 is 10.1 Å². The van der Waals surface area contributed by atoms with E-state index >= 15 is 0 Å². The van der Waals surface area contributed by atoms with Gasteiger partial charge in [-0.15, -0.1) is 0 Å². The van der Waals surface area contributed by atoms with Crippen molar-refractivity contribution in [3.8, 4) is 5.75 Å². The molecule has 0 radical (unpaired) electrons. The second-order valence-corrected chi connectivity index (χ2v) is 6.39. The van der Waals surface area contributed by atoms with Crippen molar-refractivity contribution in [3.63, 3.8) is 0 Å². The van der Waals surface area contributed by atoms with E-state index in [0.717, 1.165) is 5.69 Å². The van der Waals surface area contributed by atoms with Gasteiger partial charge in [0.05, 0.1) is 12.6 Å². The number of carbonyl (C=O) groups excluding carboxylic acids is 1. The van der Waals surface area contributed by atoms with Crippen LogP contribution in [0.4, 0.5) is 4.39 Å². The lowest BCUT2D eigenvalue weighted by atomic mass is 9.82. The van der Waals surface area contributed by atoms with Crippen LogP contribution in [0.3, 0.4) is 0 Å². The number of aromatic nitrogens is 1. The second kappa shape index (κ2) is 6.88. The van der Waals surface area contributed by atoms with Crippen molar-refractivity contribution in [1.29, 1.82) is 0 Å². The summed E-state index contributed by atoms with van der Waals surface area (Å²) in [5.74, 6) is -0.484. The lowest BCUT2D eigenvalue weighted by molar-refractivity contribution is 0.0329. The Bertz CT molecular complexity index is 779. The quantitative estimate of drug-likeness (QED) is 0.926. The van der Waals surface area contributed by atoms with Gasteiger partial charge in [0.25, 0.3) is 5.91 Å². The first-order valence-corrected chi connectivity index (χ1v) is 8.34. The number of aryl methyl sites for hydroxylation is 1. The molecule has 1 aromatic carbocycles. The summed E-state index contributed by atoms with van der Waals surface area (Å²) >= 11 is 0. The van der Waals surface area contributed by atoms with Crippen molar-refractivity contribution in [1.82, 2.24) is 9.88 Å². The van der Waals surface area contributed by atoms with E-state index in [1.54, 1.807) is 24.3 Å². The zero-order valence-corrected chi connectivity index (χ0v) is 14.8.